The fourth-order valence-electron chi connectivity index (χ4n) is 5.71. The lowest BCUT2D eigenvalue weighted by Gasteiger charge is -2.10. The Labute approximate surface area is 207 Å². The summed E-state index contributed by atoms with van der Waals surface area (Å²) < 4.78 is 4.64. The van der Waals surface area contributed by atoms with E-state index in [-0.39, 0.29) is 0 Å². The Hall–Kier alpha value is -4.89. The molecule has 36 heavy (non-hydrogen) atoms. The zero-order valence-corrected chi connectivity index (χ0v) is 19.5. The topological polar surface area (TPSA) is 22.8 Å². The minimum Gasteiger partial charge on any atom is -0.314 e. The number of hydrogen-bond acceptors (Lipinski definition) is 1. The summed E-state index contributed by atoms with van der Waals surface area (Å²) in [7, 11) is 0. The Morgan fingerprint density at radius 1 is 0.472 bits per heavy atom. The highest BCUT2D eigenvalue weighted by molar-refractivity contribution is 6.15. The molecule has 0 aliphatic rings. The van der Waals surface area contributed by atoms with Crippen LogP contribution < -0.4 is 0 Å². The van der Waals surface area contributed by atoms with Crippen molar-refractivity contribution < 1.29 is 0 Å². The monoisotopic (exact) mass is 459 g/mol. The predicted molar refractivity (Wildman–Crippen MR) is 150 cm³/mol. The molecule has 0 amide bonds. The van der Waals surface area contributed by atoms with Gasteiger partial charge in [-0.25, -0.2) is 0 Å². The first kappa shape index (κ1) is 19.4. The predicted octanol–water partition coefficient (Wildman–Crippen LogP) is 8.43. The second kappa shape index (κ2) is 7.30. The maximum atomic E-state index is 4.52. The molecule has 0 aliphatic heterocycles. The summed E-state index contributed by atoms with van der Waals surface area (Å²) in [5.74, 6) is 0. The smallest absolute Gasteiger partial charge is 0.0718 e. The van der Waals surface area contributed by atoms with Crippen LogP contribution in [-0.2, 0) is 0 Å². The van der Waals surface area contributed by atoms with Crippen molar-refractivity contribution in [2.75, 3.05) is 0 Å². The van der Waals surface area contributed by atoms with Gasteiger partial charge in [0.25, 0.3) is 0 Å². The van der Waals surface area contributed by atoms with Gasteiger partial charge in [0.15, 0.2) is 0 Å². The van der Waals surface area contributed by atoms with E-state index in [9.17, 15) is 0 Å². The second-order valence-corrected chi connectivity index (χ2v) is 9.38. The van der Waals surface area contributed by atoms with Crippen LogP contribution in [0, 0.1) is 0 Å². The maximum Gasteiger partial charge on any atom is 0.0718 e. The molecule has 5 aromatic carbocycles. The molecule has 0 saturated carbocycles. The number of rotatable bonds is 2. The van der Waals surface area contributed by atoms with Crippen LogP contribution in [0.1, 0.15) is 0 Å². The number of benzene rings is 5. The van der Waals surface area contributed by atoms with Crippen LogP contribution in [0.4, 0.5) is 0 Å². The van der Waals surface area contributed by atoms with Crippen molar-refractivity contribution in [2.45, 2.75) is 0 Å². The molecule has 3 heterocycles. The maximum absolute atomic E-state index is 4.52. The third kappa shape index (κ3) is 2.71. The molecule has 168 valence electrons. The Morgan fingerprint density at radius 2 is 1.22 bits per heavy atom. The number of aromatic nitrogens is 3. The van der Waals surface area contributed by atoms with E-state index in [4.69, 9.17) is 0 Å². The van der Waals surface area contributed by atoms with Gasteiger partial charge >= 0.3 is 0 Å². The van der Waals surface area contributed by atoms with Crippen LogP contribution in [0.2, 0.25) is 0 Å². The molecule has 0 fully saturated rings. The molecule has 0 bridgehead atoms. The first-order valence-electron chi connectivity index (χ1n) is 12.2. The third-order valence-corrected chi connectivity index (χ3v) is 7.36. The minimum absolute atomic E-state index is 1.10. The quantitative estimate of drug-likeness (QED) is 0.254. The first-order chi connectivity index (χ1) is 17.8. The summed E-state index contributed by atoms with van der Waals surface area (Å²) in [6.45, 7) is 0. The van der Waals surface area contributed by atoms with E-state index in [0.717, 1.165) is 11.1 Å². The normalized spacial score (nSPS) is 11.9. The number of para-hydroxylation sites is 2. The average Bonchev–Trinajstić information content (AvgIpc) is 3.49. The molecule has 8 rings (SSSR count). The van der Waals surface area contributed by atoms with E-state index in [1.165, 1.54) is 54.6 Å². The summed E-state index contributed by atoms with van der Waals surface area (Å²) in [6.07, 6.45) is 6.05. The highest BCUT2D eigenvalue weighted by atomic mass is 15.0. The van der Waals surface area contributed by atoms with E-state index < -0.39 is 0 Å². The summed E-state index contributed by atoms with van der Waals surface area (Å²) in [6, 6.07) is 39.3. The molecule has 0 unspecified atom stereocenters. The van der Waals surface area contributed by atoms with Crippen LogP contribution >= 0.6 is 0 Å². The van der Waals surface area contributed by atoms with E-state index in [0.29, 0.717) is 0 Å². The Kier molecular flexibility index (Phi) is 3.94. The molecule has 0 saturated heterocycles. The summed E-state index contributed by atoms with van der Waals surface area (Å²) in [4.78, 5) is 4.52. The van der Waals surface area contributed by atoms with Crippen molar-refractivity contribution in [1.29, 1.82) is 0 Å². The van der Waals surface area contributed by atoms with Gasteiger partial charge in [-0.05, 0) is 59.3 Å². The fourth-order valence-corrected chi connectivity index (χ4v) is 5.71. The first-order valence-corrected chi connectivity index (χ1v) is 12.2. The van der Waals surface area contributed by atoms with Gasteiger partial charge < -0.3 is 9.13 Å². The molecule has 0 aliphatic carbocycles. The second-order valence-electron chi connectivity index (χ2n) is 9.38. The van der Waals surface area contributed by atoms with Crippen molar-refractivity contribution in [3.8, 4) is 11.4 Å². The molecule has 0 N–H and O–H groups in total. The zero-order valence-electron chi connectivity index (χ0n) is 19.5. The lowest BCUT2D eigenvalue weighted by molar-refractivity contribution is 1.12. The molecule has 0 spiro atoms. The number of nitrogens with zero attached hydrogens (tertiary/aromatic N) is 3. The van der Waals surface area contributed by atoms with Crippen LogP contribution in [0.25, 0.3) is 65.6 Å². The van der Waals surface area contributed by atoms with Crippen LogP contribution in [0.5, 0.6) is 0 Å². The SMILES string of the molecule is c1ccc(-n2c3ccccc3c3cc4cc5ccn(-c6cncc7ccccc67)c5cc4cc32)cc1. The lowest BCUT2D eigenvalue weighted by atomic mass is 10.0. The Bertz CT molecular complexity index is 2090. The largest absolute Gasteiger partial charge is 0.314 e. The van der Waals surface area contributed by atoms with Gasteiger partial charge in [-0.2, -0.15) is 0 Å². The lowest BCUT2D eigenvalue weighted by Crippen LogP contribution is -1.95. The summed E-state index contributed by atoms with van der Waals surface area (Å²) in [5.41, 5.74) is 5.91. The molecular formula is C33H21N3. The Balaban J connectivity index is 1.45. The van der Waals surface area contributed by atoms with Crippen LogP contribution in [0.3, 0.4) is 0 Å². The van der Waals surface area contributed by atoms with E-state index >= 15 is 0 Å². The van der Waals surface area contributed by atoms with Gasteiger partial charge in [0, 0.05) is 45.0 Å². The van der Waals surface area contributed by atoms with Gasteiger partial charge in [-0.1, -0.05) is 60.7 Å². The standard InChI is InChI=1S/C33H21N3/c1-2-9-26(10-3-1)36-30-13-7-6-12-28(30)29-17-24-16-22-14-15-35(31(22)18-25(24)19-32(29)36)33-21-34-20-23-8-4-5-11-27(23)33/h1-21H. The molecule has 3 aromatic heterocycles. The fraction of sp³-hybridized carbons (Fsp3) is 0. The average molecular weight is 460 g/mol. The highest BCUT2D eigenvalue weighted by Crippen LogP contribution is 2.36. The molecule has 8 aromatic rings. The highest BCUT2D eigenvalue weighted by Gasteiger charge is 2.14. The molecule has 3 heteroatoms. The van der Waals surface area contributed by atoms with Crippen molar-refractivity contribution in [1.82, 2.24) is 14.1 Å². The minimum atomic E-state index is 1.10. The van der Waals surface area contributed by atoms with Crippen molar-refractivity contribution in [2.24, 2.45) is 0 Å². The van der Waals surface area contributed by atoms with E-state index in [2.05, 4.69) is 130 Å². The molecule has 0 atom stereocenters. The van der Waals surface area contributed by atoms with E-state index in [1.807, 2.05) is 12.4 Å². The summed E-state index contributed by atoms with van der Waals surface area (Å²) in [5, 5.41) is 8.60. The van der Waals surface area contributed by atoms with Gasteiger partial charge in [-0.15, -0.1) is 0 Å². The van der Waals surface area contributed by atoms with Crippen molar-refractivity contribution in [3.63, 3.8) is 0 Å². The summed E-state index contributed by atoms with van der Waals surface area (Å²) >= 11 is 0. The van der Waals surface area contributed by atoms with Crippen LogP contribution in [0.15, 0.2) is 128 Å². The van der Waals surface area contributed by atoms with Crippen molar-refractivity contribution in [3.05, 3.63) is 128 Å². The Morgan fingerprint density at radius 3 is 2.14 bits per heavy atom. The molecule has 0 radical (unpaired) electrons. The van der Waals surface area contributed by atoms with Crippen LogP contribution in [-0.4, -0.2) is 14.1 Å². The molecular weight excluding hydrogens is 438 g/mol. The zero-order chi connectivity index (χ0) is 23.6. The van der Waals surface area contributed by atoms with Gasteiger partial charge in [0.1, 0.15) is 0 Å². The molecule has 3 nitrogen and oxygen atoms in total. The number of pyridine rings is 1. The van der Waals surface area contributed by atoms with Gasteiger partial charge in [0.05, 0.1) is 28.4 Å². The third-order valence-electron chi connectivity index (χ3n) is 7.36. The number of fused-ring (bicyclic) bond motifs is 6. The van der Waals surface area contributed by atoms with Gasteiger partial charge in [-0.3, -0.25) is 4.98 Å². The number of hydrogen-bond donors (Lipinski definition) is 0. The van der Waals surface area contributed by atoms with E-state index in [1.54, 1.807) is 0 Å². The van der Waals surface area contributed by atoms with Crippen molar-refractivity contribution >= 4 is 54.3 Å². The van der Waals surface area contributed by atoms with Gasteiger partial charge in [0.2, 0.25) is 0 Å².